The first kappa shape index (κ1) is 12.6. The number of allylic oxidation sites excluding steroid dienone is 1. The molecule has 0 radical (unpaired) electrons. The molecule has 0 amide bonds. The van der Waals surface area contributed by atoms with Crippen LogP contribution >= 0.6 is 0 Å². The highest BCUT2D eigenvalue weighted by atomic mass is 16.4. The van der Waals surface area contributed by atoms with E-state index in [1.807, 2.05) is 0 Å². The minimum absolute atomic E-state index is 0.139. The number of hydrogen-bond acceptors (Lipinski definition) is 4. The number of carboxylic acid groups (broad SMARTS) is 2. The van der Waals surface area contributed by atoms with Crippen molar-refractivity contribution in [1.82, 2.24) is 0 Å². The van der Waals surface area contributed by atoms with Crippen LogP contribution in [0.15, 0.2) is 11.6 Å². The van der Waals surface area contributed by atoms with Gasteiger partial charge in [0.1, 0.15) is 0 Å². The zero-order valence-electron chi connectivity index (χ0n) is 7.76. The molecule has 0 heterocycles. The Morgan fingerprint density at radius 1 is 1.36 bits per heavy atom. The van der Waals surface area contributed by atoms with Crippen LogP contribution in [0.1, 0.15) is 13.8 Å². The van der Waals surface area contributed by atoms with Crippen molar-refractivity contribution < 1.29 is 30.0 Å². The van der Waals surface area contributed by atoms with Gasteiger partial charge < -0.3 is 20.4 Å². The van der Waals surface area contributed by atoms with Crippen molar-refractivity contribution in [3.8, 4) is 0 Å². The van der Waals surface area contributed by atoms with Crippen molar-refractivity contribution in [3.63, 3.8) is 0 Å². The first-order valence-electron chi connectivity index (χ1n) is 3.78. The predicted molar refractivity (Wildman–Crippen MR) is 45.7 cm³/mol. The molecule has 0 bridgehead atoms. The van der Waals surface area contributed by atoms with Crippen LogP contribution in [0.25, 0.3) is 0 Å². The molecule has 0 spiro atoms. The summed E-state index contributed by atoms with van der Waals surface area (Å²) in [6.45, 7) is 2.65. The largest absolute Gasteiger partial charge is 0.479 e. The quantitative estimate of drug-likeness (QED) is 0.446. The molecule has 80 valence electrons. The third-order valence-electron chi connectivity index (χ3n) is 1.99. The van der Waals surface area contributed by atoms with E-state index in [1.54, 1.807) is 0 Å². The van der Waals surface area contributed by atoms with Gasteiger partial charge in [0.2, 0.25) is 5.60 Å². The second-order valence-electron chi connectivity index (χ2n) is 2.78. The molecule has 0 aliphatic carbocycles. The molecule has 6 nitrogen and oxygen atoms in total. The Morgan fingerprint density at radius 3 is 2.00 bits per heavy atom. The summed E-state index contributed by atoms with van der Waals surface area (Å²) in [6.07, 6.45) is -1.17. The van der Waals surface area contributed by atoms with Gasteiger partial charge >= 0.3 is 11.9 Å². The summed E-state index contributed by atoms with van der Waals surface area (Å²) in [7, 11) is 0. The second kappa shape index (κ2) is 4.21. The van der Waals surface area contributed by atoms with Crippen LogP contribution in [0.2, 0.25) is 0 Å². The maximum Gasteiger partial charge on any atom is 0.343 e. The van der Waals surface area contributed by atoms with Crippen LogP contribution < -0.4 is 0 Å². The predicted octanol–water partition coefficient (Wildman–Crippen LogP) is -0.786. The molecule has 2 atom stereocenters. The van der Waals surface area contributed by atoms with E-state index in [2.05, 4.69) is 0 Å². The van der Waals surface area contributed by atoms with Crippen LogP contribution in [0.3, 0.4) is 0 Å². The Bertz CT molecular complexity index is 282. The number of carboxylic acids is 2. The van der Waals surface area contributed by atoms with Gasteiger partial charge in [0.15, 0.2) is 6.10 Å². The fraction of sp³-hybridized carbons (Fsp3) is 0.500. The fourth-order valence-electron chi connectivity index (χ4n) is 0.900. The first-order chi connectivity index (χ1) is 6.28. The minimum atomic E-state index is -2.78. The fourth-order valence-corrected chi connectivity index (χ4v) is 0.900. The van der Waals surface area contributed by atoms with E-state index in [4.69, 9.17) is 15.3 Å². The lowest BCUT2D eigenvalue weighted by atomic mass is 9.88. The van der Waals surface area contributed by atoms with Gasteiger partial charge in [0.05, 0.1) is 0 Å². The molecule has 0 aliphatic rings. The molecule has 0 aromatic rings. The Balaban J connectivity index is 5.32. The molecule has 2 unspecified atom stereocenters. The van der Waals surface area contributed by atoms with E-state index in [-0.39, 0.29) is 5.57 Å². The number of rotatable bonds is 4. The van der Waals surface area contributed by atoms with E-state index in [1.165, 1.54) is 19.9 Å². The number of hydrogen-bond donors (Lipinski definition) is 4. The minimum Gasteiger partial charge on any atom is -0.479 e. The topological polar surface area (TPSA) is 115 Å². The van der Waals surface area contributed by atoms with Gasteiger partial charge in [0.25, 0.3) is 0 Å². The molecule has 0 saturated carbocycles. The molecule has 0 aromatic carbocycles. The van der Waals surface area contributed by atoms with E-state index < -0.39 is 23.6 Å². The van der Waals surface area contributed by atoms with Gasteiger partial charge in [-0.3, -0.25) is 0 Å². The van der Waals surface area contributed by atoms with Gasteiger partial charge in [0, 0.05) is 0 Å². The summed E-state index contributed by atoms with van der Waals surface area (Å²) in [6, 6.07) is 0. The van der Waals surface area contributed by atoms with Crippen LogP contribution in [-0.4, -0.2) is 44.1 Å². The average Bonchev–Trinajstić information content (AvgIpc) is 2.13. The van der Waals surface area contributed by atoms with Crippen LogP contribution in [0, 0.1) is 0 Å². The molecular weight excluding hydrogens is 192 g/mol. The summed E-state index contributed by atoms with van der Waals surface area (Å²) in [4.78, 5) is 21.0. The number of aliphatic hydroxyl groups excluding tert-OH is 1. The summed E-state index contributed by atoms with van der Waals surface area (Å²) in [5.74, 6) is -3.60. The van der Waals surface area contributed by atoms with Crippen molar-refractivity contribution in [3.05, 3.63) is 11.6 Å². The van der Waals surface area contributed by atoms with E-state index in [0.717, 1.165) is 0 Å². The van der Waals surface area contributed by atoms with Gasteiger partial charge in [-0.05, 0) is 19.4 Å². The zero-order chi connectivity index (χ0) is 11.5. The van der Waals surface area contributed by atoms with Crippen LogP contribution in [-0.2, 0) is 9.59 Å². The molecule has 0 fully saturated rings. The smallest absolute Gasteiger partial charge is 0.343 e. The normalized spacial score (nSPS) is 18.4. The SMILES string of the molecule is CC=C(C)C(O)(C(=O)O)C(O)C(=O)O. The lowest BCUT2D eigenvalue weighted by Gasteiger charge is -2.26. The lowest BCUT2D eigenvalue weighted by Crippen LogP contribution is -2.54. The van der Waals surface area contributed by atoms with Gasteiger partial charge in [-0.15, -0.1) is 0 Å². The van der Waals surface area contributed by atoms with Gasteiger partial charge in [-0.2, -0.15) is 0 Å². The Morgan fingerprint density at radius 2 is 1.79 bits per heavy atom. The number of carbonyl (C=O) groups is 2. The molecule has 6 heteroatoms. The molecule has 0 aromatic heterocycles. The standard InChI is InChI=1S/C8H12O6/c1-3-4(2)8(14,7(12)13)5(9)6(10)11/h3,5,9,14H,1-2H3,(H,10,11)(H,12,13). The summed E-state index contributed by atoms with van der Waals surface area (Å²) in [5, 5.41) is 35.6. The van der Waals surface area contributed by atoms with E-state index >= 15 is 0 Å². The Labute approximate surface area is 80.1 Å². The summed E-state index contributed by atoms with van der Waals surface area (Å²) >= 11 is 0. The Kier molecular flexibility index (Phi) is 3.79. The molecule has 0 saturated heterocycles. The zero-order valence-corrected chi connectivity index (χ0v) is 7.76. The average molecular weight is 204 g/mol. The van der Waals surface area contributed by atoms with Crippen LogP contribution in [0.4, 0.5) is 0 Å². The molecular formula is C8H12O6. The molecule has 14 heavy (non-hydrogen) atoms. The highest BCUT2D eigenvalue weighted by Gasteiger charge is 2.49. The highest BCUT2D eigenvalue weighted by Crippen LogP contribution is 2.21. The van der Waals surface area contributed by atoms with Crippen LogP contribution in [0.5, 0.6) is 0 Å². The van der Waals surface area contributed by atoms with Gasteiger partial charge in [-0.1, -0.05) is 6.08 Å². The monoisotopic (exact) mass is 204 g/mol. The number of aliphatic carboxylic acids is 2. The molecule has 0 rings (SSSR count). The molecule has 0 aliphatic heterocycles. The third kappa shape index (κ3) is 1.91. The van der Waals surface area contributed by atoms with E-state index in [9.17, 15) is 14.7 Å². The van der Waals surface area contributed by atoms with Crippen molar-refractivity contribution >= 4 is 11.9 Å². The Hall–Kier alpha value is -1.40. The van der Waals surface area contributed by atoms with Crippen molar-refractivity contribution in [2.45, 2.75) is 25.6 Å². The maximum atomic E-state index is 10.7. The first-order valence-corrected chi connectivity index (χ1v) is 3.78. The van der Waals surface area contributed by atoms with Gasteiger partial charge in [-0.25, -0.2) is 9.59 Å². The second-order valence-corrected chi connectivity index (χ2v) is 2.78. The molecule has 4 N–H and O–H groups in total. The maximum absolute atomic E-state index is 10.7. The summed E-state index contributed by atoms with van der Waals surface area (Å²) in [5.41, 5.74) is -2.92. The lowest BCUT2D eigenvalue weighted by molar-refractivity contribution is -0.177. The van der Waals surface area contributed by atoms with Crippen molar-refractivity contribution in [2.24, 2.45) is 0 Å². The van der Waals surface area contributed by atoms with Crippen molar-refractivity contribution in [1.29, 1.82) is 0 Å². The number of aliphatic hydroxyl groups is 2. The van der Waals surface area contributed by atoms with E-state index in [0.29, 0.717) is 0 Å². The summed E-state index contributed by atoms with van der Waals surface area (Å²) < 4.78 is 0. The highest BCUT2D eigenvalue weighted by molar-refractivity contribution is 5.90. The van der Waals surface area contributed by atoms with Crippen molar-refractivity contribution in [2.75, 3.05) is 0 Å². The third-order valence-corrected chi connectivity index (χ3v) is 1.99.